The molecule has 3 rings (SSSR count). The molecule has 29 heavy (non-hydrogen) atoms. The van der Waals surface area contributed by atoms with Crippen molar-refractivity contribution in [3.63, 3.8) is 0 Å². The second kappa shape index (κ2) is 10.3. The highest BCUT2D eigenvalue weighted by Gasteiger charge is 2.21. The zero-order valence-corrected chi connectivity index (χ0v) is 17.5. The normalized spacial score (nSPS) is 16.7. The number of hydrogen-bond donors (Lipinski definition) is 2. The average molecular weight is 402 g/mol. The standard InChI is InChI=1S/C21H31N5O3/c1-4-22-21(23-14-20(27)17-6-5-7-19(13-17)28-3)26-10-8-25(9-11-26)15-18-12-16(2)29-24-18/h5-7,12-13,20,27H,4,8-11,14-15H2,1-3H3,(H,22,23). The van der Waals surface area contributed by atoms with Crippen LogP contribution in [0.15, 0.2) is 39.8 Å². The van der Waals surface area contributed by atoms with Gasteiger partial charge in [0.1, 0.15) is 11.5 Å². The highest BCUT2D eigenvalue weighted by Crippen LogP contribution is 2.19. The Kier molecular flexibility index (Phi) is 7.48. The van der Waals surface area contributed by atoms with Crippen LogP contribution in [0.4, 0.5) is 0 Å². The maximum atomic E-state index is 10.5. The summed E-state index contributed by atoms with van der Waals surface area (Å²) >= 11 is 0. The maximum Gasteiger partial charge on any atom is 0.194 e. The number of guanidine groups is 1. The molecule has 8 nitrogen and oxygen atoms in total. The SMILES string of the molecule is CCNC(=NCC(O)c1cccc(OC)c1)N1CCN(Cc2cc(C)on2)CC1. The highest BCUT2D eigenvalue weighted by molar-refractivity contribution is 5.80. The molecule has 8 heteroatoms. The zero-order chi connectivity index (χ0) is 20.6. The minimum absolute atomic E-state index is 0.300. The van der Waals surface area contributed by atoms with E-state index in [0.717, 1.165) is 68.0 Å². The van der Waals surface area contributed by atoms with Gasteiger partial charge in [0.2, 0.25) is 0 Å². The summed E-state index contributed by atoms with van der Waals surface area (Å²) in [7, 11) is 1.62. The van der Waals surface area contributed by atoms with Crippen LogP contribution in [-0.2, 0) is 6.54 Å². The van der Waals surface area contributed by atoms with Crippen LogP contribution in [0.1, 0.15) is 30.0 Å². The quantitative estimate of drug-likeness (QED) is 0.540. The van der Waals surface area contributed by atoms with Gasteiger partial charge in [-0.05, 0) is 31.5 Å². The van der Waals surface area contributed by atoms with Gasteiger partial charge in [-0.3, -0.25) is 9.89 Å². The third-order valence-electron chi connectivity index (χ3n) is 4.96. The van der Waals surface area contributed by atoms with E-state index < -0.39 is 6.10 Å². The van der Waals surface area contributed by atoms with E-state index in [1.165, 1.54) is 0 Å². The Hall–Kier alpha value is -2.58. The molecule has 1 aliphatic heterocycles. The number of piperazine rings is 1. The van der Waals surface area contributed by atoms with Gasteiger partial charge in [-0.2, -0.15) is 0 Å². The third-order valence-corrected chi connectivity index (χ3v) is 4.96. The van der Waals surface area contributed by atoms with Crippen LogP contribution in [0.5, 0.6) is 5.75 Å². The Labute approximate surface area is 172 Å². The second-order valence-corrected chi connectivity index (χ2v) is 7.18. The molecule has 0 bridgehead atoms. The third kappa shape index (κ3) is 5.95. The number of aryl methyl sites for hydroxylation is 1. The molecule has 0 saturated carbocycles. The molecule has 0 amide bonds. The number of hydrogen-bond acceptors (Lipinski definition) is 6. The van der Waals surface area contributed by atoms with Crippen molar-refractivity contribution in [3.8, 4) is 5.75 Å². The molecule has 2 N–H and O–H groups in total. The monoisotopic (exact) mass is 401 g/mol. The van der Waals surface area contributed by atoms with Gasteiger partial charge < -0.3 is 24.6 Å². The molecule has 1 aromatic carbocycles. The van der Waals surface area contributed by atoms with Crippen molar-refractivity contribution >= 4 is 5.96 Å². The maximum absolute atomic E-state index is 10.5. The van der Waals surface area contributed by atoms with Crippen molar-refractivity contribution in [2.24, 2.45) is 4.99 Å². The summed E-state index contributed by atoms with van der Waals surface area (Å²) < 4.78 is 10.4. The summed E-state index contributed by atoms with van der Waals surface area (Å²) in [6.07, 6.45) is -0.671. The van der Waals surface area contributed by atoms with Crippen LogP contribution in [0.3, 0.4) is 0 Å². The molecular weight excluding hydrogens is 370 g/mol. The number of aliphatic hydroxyl groups is 1. The molecule has 1 atom stereocenters. The summed E-state index contributed by atoms with van der Waals surface area (Å²) in [5.74, 6) is 2.41. The summed E-state index contributed by atoms with van der Waals surface area (Å²) in [6.45, 7) is 9.44. The fourth-order valence-electron chi connectivity index (χ4n) is 3.39. The van der Waals surface area contributed by atoms with Gasteiger partial charge in [-0.25, -0.2) is 0 Å². The molecule has 0 aliphatic carbocycles. The van der Waals surface area contributed by atoms with E-state index in [1.807, 2.05) is 37.3 Å². The summed E-state index contributed by atoms with van der Waals surface area (Å²) in [6, 6.07) is 9.46. The molecule has 1 fully saturated rings. The number of nitrogens with one attached hydrogen (secondary N) is 1. The van der Waals surface area contributed by atoms with Gasteiger partial charge >= 0.3 is 0 Å². The van der Waals surface area contributed by atoms with Crippen LogP contribution in [-0.4, -0.2) is 72.4 Å². The first-order valence-corrected chi connectivity index (χ1v) is 10.1. The molecule has 1 saturated heterocycles. The Balaban J connectivity index is 1.56. The van der Waals surface area contributed by atoms with Crippen molar-refractivity contribution in [1.29, 1.82) is 0 Å². The molecule has 0 radical (unpaired) electrons. The number of nitrogens with zero attached hydrogens (tertiary/aromatic N) is 4. The van der Waals surface area contributed by atoms with Gasteiger partial charge in [-0.1, -0.05) is 17.3 Å². The van der Waals surface area contributed by atoms with Crippen molar-refractivity contribution in [2.75, 3.05) is 46.4 Å². The second-order valence-electron chi connectivity index (χ2n) is 7.18. The van der Waals surface area contributed by atoms with E-state index in [-0.39, 0.29) is 0 Å². The van der Waals surface area contributed by atoms with E-state index in [1.54, 1.807) is 7.11 Å². The molecule has 158 valence electrons. The Morgan fingerprint density at radius 2 is 2.10 bits per heavy atom. The lowest BCUT2D eigenvalue weighted by atomic mass is 10.1. The predicted molar refractivity (Wildman–Crippen MR) is 112 cm³/mol. The minimum atomic E-state index is -0.671. The molecular formula is C21H31N5O3. The van der Waals surface area contributed by atoms with Gasteiger partial charge in [-0.15, -0.1) is 0 Å². The van der Waals surface area contributed by atoms with Crippen molar-refractivity contribution in [2.45, 2.75) is 26.5 Å². The van der Waals surface area contributed by atoms with Crippen LogP contribution in [0.2, 0.25) is 0 Å². The number of aliphatic imine (C=N–C) groups is 1. The van der Waals surface area contributed by atoms with E-state index in [0.29, 0.717) is 6.54 Å². The highest BCUT2D eigenvalue weighted by atomic mass is 16.5. The van der Waals surface area contributed by atoms with E-state index in [2.05, 4.69) is 32.2 Å². The largest absolute Gasteiger partial charge is 0.497 e. The molecule has 1 unspecified atom stereocenters. The van der Waals surface area contributed by atoms with Gasteiger partial charge in [0.25, 0.3) is 0 Å². The summed E-state index contributed by atoms with van der Waals surface area (Å²) in [4.78, 5) is 9.28. The Morgan fingerprint density at radius 1 is 1.31 bits per heavy atom. The van der Waals surface area contributed by atoms with Crippen LogP contribution in [0.25, 0.3) is 0 Å². The summed E-state index contributed by atoms with van der Waals surface area (Å²) in [5.41, 5.74) is 1.77. The van der Waals surface area contributed by atoms with E-state index in [4.69, 9.17) is 9.26 Å². The number of benzene rings is 1. The number of aromatic nitrogens is 1. The van der Waals surface area contributed by atoms with Crippen LogP contribution >= 0.6 is 0 Å². The predicted octanol–water partition coefficient (Wildman–Crippen LogP) is 1.81. The first-order valence-electron chi connectivity index (χ1n) is 10.1. The Morgan fingerprint density at radius 3 is 2.76 bits per heavy atom. The smallest absolute Gasteiger partial charge is 0.194 e. The first kappa shape index (κ1) is 21.1. The number of aliphatic hydroxyl groups excluding tert-OH is 1. The van der Waals surface area contributed by atoms with Crippen LogP contribution in [0, 0.1) is 6.92 Å². The van der Waals surface area contributed by atoms with Crippen molar-refractivity contribution < 1.29 is 14.4 Å². The lowest BCUT2D eigenvalue weighted by Gasteiger charge is -2.36. The van der Waals surface area contributed by atoms with Crippen molar-refractivity contribution in [1.82, 2.24) is 20.3 Å². The molecule has 1 aromatic heterocycles. The number of methoxy groups -OCH3 is 1. The lowest BCUT2D eigenvalue weighted by molar-refractivity contribution is 0.166. The van der Waals surface area contributed by atoms with E-state index in [9.17, 15) is 5.11 Å². The number of rotatable bonds is 7. The number of ether oxygens (including phenoxy) is 1. The lowest BCUT2D eigenvalue weighted by Crippen LogP contribution is -2.52. The van der Waals surface area contributed by atoms with E-state index >= 15 is 0 Å². The molecule has 2 heterocycles. The molecule has 0 spiro atoms. The zero-order valence-electron chi connectivity index (χ0n) is 17.5. The fourth-order valence-corrected chi connectivity index (χ4v) is 3.39. The van der Waals surface area contributed by atoms with Gasteiger partial charge in [0, 0.05) is 45.3 Å². The molecule has 1 aliphatic rings. The fraction of sp³-hybridized carbons (Fsp3) is 0.524. The minimum Gasteiger partial charge on any atom is -0.497 e. The topological polar surface area (TPSA) is 86.4 Å². The van der Waals surface area contributed by atoms with Crippen LogP contribution < -0.4 is 10.1 Å². The van der Waals surface area contributed by atoms with Gasteiger partial charge in [0.15, 0.2) is 5.96 Å². The molecule has 2 aromatic rings. The first-order chi connectivity index (χ1) is 14.1. The summed E-state index contributed by atoms with van der Waals surface area (Å²) in [5, 5.41) is 18.0. The van der Waals surface area contributed by atoms with Crippen molar-refractivity contribution in [3.05, 3.63) is 47.3 Å². The average Bonchev–Trinajstić information content (AvgIpc) is 3.16. The van der Waals surface area contributed by atoms with Gasteiger partial charge in [0.05, 0.1) is 25.5 Å². The Bertz CT molecular complexity index is 799.